The maximum absolute atomic E-state index is 13.0. The number of likely N-dealkylation sites (tertiary alicyclic amines) is 1. The molecule has 1 aromatic carbocycles. The van der Waals surface area contributed by atoms with Crippen LogP contribution < -0.4 is 5.32 Å². The minimum absolute atomic E-state index is 0.167. The summed E-state index contributed by atoms with van der Waals surface area (Å²) in [6, 6.07) is 8.19. The van der Waals surface area contributed by atoms with E-state index < -0.39 is 0 Å². The molecule has 0 bridgehead atoms. The first-order valence-corrected chi connectivity index (χ1v) is 8.18. The molecule has 1 aliphatic heterocycles. The van der Waals surface area contributed by atoms with Crippen LogP contribution in [-0.4, -0.2) is 29.9 Å². The molecule has 2 rings (SSSR count). The third-order valence-corrected chi connectivity index (χ3v) is 4.58. The fraction of sp³-hybridized carbons (Fsp3) is 0.611. The number of carbonyl (C=O) groups is 1. The molecular formula is C18H28N2O. The van der Waals surface area contributed by atoms with Crippen LogP contribution in [0.4, 0.5) is 5.69 Å². The molecule has 0 radical (unpaired) electrons. The van der Waals surface area contributed by atoms with Gasteiger partial charge in [-0.1, -0.05) is 32.9 Å². The number of carbonyl (C=O) groups excluding carboxylic acids is 1. The van der Waals surface area contributed by atoms with Crippen LogP contribution >= 0.6 is 0 Å². The summed E-state index contributed by atoms with van der Waals surface area (Å²) in [4.78, 5) is 15.0. The summed E-state index contributed by atoms with van der Waals surface area (Å²) in [5.74, 6) is 1.31. The summed E-state index contributed by atoms with van der Waals surface area (Å²) in [6.45, 7) is 10.6. The summed E-state index contributed by atoms with van der Waals surface area (Å²) in [7, 11) is 0. The second-order valence-corrected chi connectivity index (χ2v) is 6.49. The Morgan fingerprint density at radius 3 is 2.71 bits per heavy atom. The van der Waals surface area contributed by atoms with Crippen molar-refractivity contribution < 1.29 is 4.79 Å². The first kappa shape index (κ1) is 15.9. The van der Waals surface area contributed by atoms with Crippen LogP contribution in [0.2, 0.25) is 0 Å². The summed E-state index contributed by atoms with van der Waals surface area (Å²) in [5, 5.41) is 3.37. The molecule has 0 saturated carbocycles. The molecule has 3 heteroatoms. The number of rotatable bonds is 4. The zero-order valence-corrected chi connectivity index (χ0v) is 13.7. The maximum Gasteiger partial charge on any atom is 0.256 e. The number of nitrogens with one attached hydrogen (secondary N) is 1. The highest BCUT2D eigenvalue weighted by molar-refractivity contribution is 5.99. The Balaban J connectivity index is 2.22. The van der Waals surface area contributed by atoms with E-state index in [1.165, 1.54) is 6.42 Å². The smallest absolute Gasteiger partial charge is 0.256 e. The van der Waals surface area contributed by atoms with Crippen molar-refractivity contribution in [3.63, 3.8) is 0 Å². The van der Waals surface area contributed by atoms with Gasteiger partial charge < -0.3 is 10.2 Å². The highest BCUT2D eigenvalue weighted by Crippen LogP contribution is 2.29. The topological polar surface area (TPSA) is 32.3 Å². The Morgan fingerprint density at radius 1 is 1.29 bits per heavy atom. The van der Waals surface area contributed by atoms with Crippen molar-refractivity contribution in [1.82, 2.24) is 4.90 Å². The van der Waals surface area contributed by atoms with Gasteiger partial charge >= 0.3 is 0 Å². The van der Waals surface area contributed by atoms with Gasteiger partial charge in [0.2, 0.25) is 0 Å². The van der Waals surface area contributed by atoms with E-state index in [1.807, 2.05) is 24.3 Å². The van der Waals surface area contributed by atoms with Gasteiger partial charge in [0.05, 0.1) is 5.56 Å². The van der Waals surface area contributed by atoms with Gasteiger partial charge in [-0.3, -0.25) is 4.79 Å². The van der Waals surface area contributed by atoms with E-state index in [2.05, 4.69) is 37.9 Å². The van der Waals surface area contributed by atoms with Gasteiger partial charge in [-0.05, 0) is 43.7 Å². The fourth-order valence-corrected chi connectivity index (χ4v) is 3.22. The lowest BCUT2D eigenvalue weighted by molar-refractivity contribution is 0.0456. The van der Waals surface area contributed by atoms with Crippen LogP contribution in [0.15, 0.2) is 24.3 Å². The van der Waals surface area contributed by atoms with Crippen LogP contribution in [0, 0.1) is 11.8 Å². The van der Waals surface area contributed by atoms with Gasteiger partial charge in [0, 0.05) is 24.8 Å². The van der Waals surface area contributed by atoms with Gasteiger partial charge in [0.15, 0.2) is 0 Å². The normalized spacial score (nSPS) is 25.7. The molecule has 0 aliphatic carbocycles. The highest BCUT2D eigenvalue weighted by atomic mass is 16.2. The SMILES string of the molecule is CCCNc1ccccc1C(=O)N1CC(C)CC(C)C1C. The fourth-order valence-electron chi connectivity index (χ4n) is 3.22. The second-order valence-electron chi connectivity index (χ2n) is 6.49. The van der Waals surface area contributed by atoms with Gasteiger partial charge in [-0.15, -0.1) is 0 Å². The summed E-state index contributed by atoms with van der Waals surface area (Å²) >= 11 is 0. The zero-order valence-electron chi connectivity index (χ0n) is 13.7. The number of piperidine rings is 1. The van der Waals surface area contributed by atoms with Crippen LogP contribution in [0.25, 0.3) is 0 Å². The largest absolute Gasteiger partial charge is 0.384 e. The van der Waals surface area contributed by atoms with Crippen molar-refractivity contribution >= 4 is 11.6 Å². The first-order chi connectivity index (χ1) is 10.0. The molecule has 1 amide bonds. The molecule has 1 N–H and O–H groups in total. The number of amides is 1. The Bertz CT molecular complexity index is 486. The predicted octanol–water partition coefficient (Wildman–Crippen LogP) is 4.02. The highest BCUT2D eigenvalue weighted by Gasteiger charge is 2.32. The van der Waals surface area contributed by atoms with Crippen molar-refractivity contribution in [2.45, 2.75) is 46.6 Å². The molecule has 3 atom stereocenters. The number of hydrogen-bond acceptors (Lipinski definition) is 2. The average molecular weight is 288 g/mol. The average Bonchev–Trinajstić information content (AvgIpc) is 2.48. The van der Waals surface area contributed by atoms with E-state index in [1.54, 1.807) is 0 Å². The number of anilines is 1. The monoisotopic (exact) mass is 288 g/mol. The standard InChI is InChI=1S/C18H28N2O/c1-5-10-19-17-9-7-6-8-16(17)18(21)20-12-13(2)11-14(3)15(20)4/h6-9,13-15,19H,5,10-12H2,1-4H3. The quantitative estimate of drug-likeness (QED) is 0.907. The van der Waals surface area contributed by atoms with Crippen molar-refractivity contribution in [3.8, 4) is 0 Å². The van der Waals surface area contributed by atoms with E-state index in [4.69, 9.17) is 0 Å². The summed E-state index contributed by atoms with van der Waals surface area (Å²) in [6.07, 6.45) is 2.26. The lowest BCUT2D eigenvalue weighted by Crippen LogP contribution is -2.49. The van der Waals surface area contributed by atoms with Crippen molar-refractivity contribution in [2.75, 3.05) is 18.4 Å². The van der Waals surface area contributed by atoms with E-state index in [9.17, 15) is 4.79 Å². The number of nitrogens with zero attached hydrogens (tertiary/aromatic N) is 1. The predicted molar refractivity (Wildman–Crippen MR) is 88.7 cm³/mol. The molecule has 21 heavy (non-hydrogen) atoms. The van der Waals surface area contributed by atoms with E-state index in [0.29, 0.717) is 17.9 Å². The zero-order chi connectivity index (χ0) is 15.4. The molecule has 0 aromatic heterocycles. The van der Waals surface area contributed by atoms with Gasteiger partial charge in [-0.2, -0.15) is 0 Å². The second kappa shape index (κ2) is 6.97. The molecule has 3 unspecified atom stereocenters. The van der Waals surface area contributed by atoms with Crippen LogP contribution in [0.5, 0.6) is 0 Å². The number of benzene rings is 1. The minimum atomic E-state index is 0.167. The Hall–Kier alpha value is -1.51. The lowest BCUT2D eigenvalue weighted by Gasteiger charge is -2.41. The summed E-state index contributed by atoms with van der Waals surface area (Å²) < 4.78 is 0. The molecule has 3 nitrogen and oxygen atoms in total. The van der Waals surface area contributed by atoms with Gasteiger partial charge in [-0.25, -0.2) is 0 Å². The van der Waals surface area contributed by atoms with Gasteiger partial charge in [0.1, 0.15) is 0 Å². The number of para-hydroxylation sites is 1. The van der Waals surface area contributed by atoms with E-state index in [0.717, 1.165) is 30.8 Å². The third-order valence-electron chi connectivity index (χ3n) is 4.58. The molecule has 116 valence electrons. The maximum atomic E-state index is 13.0. The third kappa shape index (κ3) is 3.58. The molecule has 1 aliphatic rings. The van der Waals surface area contributed by atoms with Crippen LogP contribution in [0.1, 0.15) is 50.9 Å². The molecule has 0 spiro atoms. The van der Waals surface area contributed by atoms with Crippen LogP contribution in [-0.2, 0) is 0 Å². The Kier molecular flexibility index (Phi) is 5.27. The number of hydrogen-bond donors (Lipinski definition) is 1. The van der Waals surface area contributed by atoms with E-state index >= 15 is 0 Å². The molecule has 1 aromatic rings. The minimum Gasteiger partial charge on any atom is -0.384 e. The van der Waals surface area contributed by atoms with Crippen molar-refractivity contribution in [1.29, 1.82) is 0 Å². The first-order valence-electron chi connectivity index (χ1n) is 8.18. The van der Waals surface area contributed by atoms with Crippen LogP contribution in [0.3, 0.4) is 0 Å². The molecular weight excluding hydrogens is 260 g/mol. The van der Waals surface area contributed by atoms with Crippen molar-refractivity contribution in [3.05, 3.63) is 29.8 Å². The molecule has 1 fully saturated rings. The lowest BCUT2D eigenvalue weighted by atomic mass is 9.85. The van der Waals surface area contributed by atoms with E-state index in [-0.39, 0.29) is 5.91 Å². The Morgan fingerprint density at radius 2 is 2.00 bits per heavy atom. The Labute approximate surface area is 128 Å². The molecule has 1 saturated heterocycles. The van der Waals surface area contributed by atoms with Crippen molar-refractivity contribution in [2.24, 2.45) is 11.8 Å². The van der Waals surface area contributed by atoms with Gasteiger partial charge in [0.25, 0.3) is 5.91 Å². The molecule has 1 heterocycles. The summed E-state index contributed by atoms with van der Waals surface area (Å²) in [5.41, 5.74) is 1.77.